The average molecular weight is 261 g/mol. The summed E-state index contributed by atoms with van der Waals surface area (Å²) < 4.78 is 0. The van der Waals surface area contributed by atoms with Gasteiger partial charge in [-0.1, -0.05) is 51.0 Å². The molecule has 2 heteroatoms. The van der Waals surface area contributed by atoms with Crippen LogP contribution in [0.15, 0.2) is 24.3 Å². The molecule has 2 nitrogen and oxygen atoms in total. The predicted octanol–water partition coefficient (Wildman–Crippen LogP) is 3.45. The molecule has 2 N–H and O–H groups in total. The molecule has 1 aliphatic carbocycles. The Morgan fingerprint density at radius 1 is 1.26 bits per heavy atom. The van der Waals surface area contributed by atoms with Gasteiger partial charge in [-0.2, -0.15) is 0 Å². The largest absolute Gasteiger partial charge is 0.392 e. The van der Waals surface area contributed by atoms with Crippen molar-refractivity contribution in [2.75, 3.05) is 6.54 Å². The number of nitrogens with one attached hydrogen (secondary N) is 1. The number of hydrogen-bond donors (Lipinski definition) is 2. The molecule has 0 aromatic heterocycles. The molecule has 0 saturated carbocycles. The minimum Gasteiger partial charge on any atom is -0.392 e. The molecule has 2 unspecified atom stereocenters. The third kappa shape index (κ3) is 3.58. The van der Waals surface area contributed by atoms with Crippen LogP contribution in [0.2, 0.25) is 0 Å². The van der Waals surface area contributed by atoms with Crippen molar-refractivity contribution >= 4 is 0 Å². The van der Waals surface area contributed by atoms with Crippen molar-refractivity contribution in [3.63, 3.8) is 0 Å². The zero-order chi connectivity index (χ0) is 13.7. The van der Waals surface area contributed by atoms with Crippen molar-refractivity contribution in [2.24, 2.45) is 5.92 Å². The van der Waals surface area contributed by atoms with E-state index in [2.05, 4.69) is 43.4 Å². The Bertz CT molecular complexity index is 387. The number of aryl methyl sites for hydroxylation is 1. The molecule has 0 spiro atoms. The number of aliphatic hydroxyl groups excluding tert-OH is 1. The van der Waals surface area contributed by atoms with Crippen LogP contribution in [0.3, 0.4) is 0 Å². The van der Waals surface area contributed by atoms with Gasteiger partial charge in [0.2, 0.25) is 0 Å². The van der Waals surface area contributed by atoms with Crippen LogP contribution < -0.4 is 5.32 Å². The number of aliphatic hydroxyl groups is 1. The highest BCUT2D eigenvalue weighted by atomic mass is 16.3. The molecule has 0 heterocycles. The van der Waals surface area contributed by atoms with Crippen molar-refractivity contribution in [1.82, 2.24) is 5.32 Å². The lowest BCUT2D eigenvalue weighted by atomic mass is 9.87. The van der Waals surface area contributed by atoms with Crippen LogP contribution in [-0.4, -0.2) is 17.8 Å². The molecular weight excluding hydrogens is 234 g/mol. The second kappa shape index (κ2) is 7.06. The topological polar surface area (TPSA) is 32.3 Å². The lowest BCUT2D eigenvalue weighted by molar-refractivity contribution is 0.0974. The van der Waals surface area contributed by atoms with Gasteiger partial charge in [0, 0.05) is 12.6 Å². The second-order valence-corrected chi connectivity index (χ2v) is 5.70. The van der Waals surface area contributed by atoms with Crippen LogP contribution in [0.25, 0.3) is 0 Å². The molecule has 0 amide bonds. The summed E-state index contributed by atoms with van der Waals surface area (Å²) in [7, 11) is 0. The summed E-state index contributed by atoms with van der Waals surface area (Å²) >= 11 is 0. The summed E-state index contributed by atoms with van der Waals surface area (Å²) in [5, 5.41) is 13.8. The van der Waals surface area contributed by atoms with E-state index in [9.17, 15) is 5.11 Å². The normalized spacial score (nSPS) is 20.3. The molecule has 1 aromatic carbocycles. The van der Waals surface area contributed by atoms with Gasteiger partial charge in [0.25, 0.3) is 0 Å². The molecule has 106 valence electrons. The van der Waals surface area contributed by atoms with Crippen molar-refractivity contribution in [1.29, 1.82) is 0 Å². The van der Waals surface area contributed by atoms with E-state index in [1.807, 2.05) is 0 Å². The SMILES string of the molecule is CCC(CC)C(O)CNC1CCCc2ccccc21. The Morgan fingerprint density at radius 3 is 2.74 bits per heavy atom. The van der Waals surface area contributed by atoms with Gasteiger partial charge < -0.3 is 10.4 Å². The van der Waals surface area contributed by atoms with E-state index in [0.717, 1.165) is 12.8 Å². The molecule has 2 rings (SSSR count). The Labute approximate surface area is 117 Å². The lowest BCUT2D eigenvalue weighted by Gasteiger charge is -2.29. The van der Waals surface area contributed by atoms with Gasteiger partial charge in [-0.3, -0.25) is 0 Å². The van der Waals surface area contributed by atoms with Gasteiger partial charge in [-0.05, 0) is 36.3 Å². The Hall–Kier alpha value is -0.860. The van der Waals surface area contributed by atoms with E-state index in [1.54, 1.807) is 0 Å². The monoisotopic (exact) mass is 261 g/mol. The molecule has 1 aromatic rings. The fourth-order valence-electron chi connectivity index (χ4n) is 3.23. The minimum atomic E-state index is -0.218. The van der Waals surface area contributed by atoms with Crippen LogP contribution in [0, 0.1) is 5.92 Å². The van der Waals surface area contributed by atoms with E-state index in [-0.39, 0.29) is 6.10 Å². The van der Waals surface area contributed by atoms with E-state index >= 15 is 0 Å². The van der Waals surface area contributed by atoms with Crippen LogP contribution >= 0.6 is 0 Å². The second-order valence-electron chi connectivity index (χ2n) is 5.70. The zero-order valence-corrected chi connectivity index (χ0v) is 12.2. The van der Waals surface area contributed by atoms with Crippen molar-refractivity contribution in [3.8, 4) is 0 Å². The van der Waals surface area contributed by atoms with E-state index in [4.69, 9.17) is 0 Å². The highest BCUT2D eigenvalue weighted by Crippen LogP contribution is 2.29. The first kappa shape index (κ1) is 14.5. The summed E-state index contributed by atoms with van der Waals surface area (Å²) in [6.07, 6.45) is 5.52. The smallest absolute Gasteiger partial charge is 0.0692 e. The van der Waals surface area contributed by atoms with Gasteiger partial charge in [-0.15, -0.1) is 0 Å². The predicted molar refractivity (Wildman–Crippen MR) is 80.2 cm³/mol. The molecule has 0 aliphatic heterocycles. The number of benzene rings is 1. The zero-order valence-electron chi connectivity index (χ0n) is 12.2. The van der Waals surface area contributed by atoms with E-state index < -0.39 is 0 Å². The summed E-state index contributed by atoms with van der Waals surface area (Å²) in [5.74, 6) is 0.423. The average Bonchev–Trinajstić information content (AvgIpc) is 2.46. The first-order valence-electron chi connectivity index (χ1n) is 7.75. The Morgan fingerprint density at radius 2 is 2.00 bits per heavy atom. The molecule has 0 fully saturated rings. The molecule has 1 aliphatic rings. The van der Waals surface area contributed by atoms with Gasteiger partial charge in [0.1, 0.15) is 0 Å². The maximum atomic E-state index is 10.2. The number of rotatable bonds is 6. The molecule has 0 radical (unpaired) electrons. The fraction of sp³-hybridized carbons (Fsp3) is 0.647. The third-order valence-electron chi connectivity index (χ3n) is 4.54. The summed E-state index contributed by atoms with van der Waals surface area (Å²) in [6, 6.07) is 9.14. The summed E-state index contributed by atoms with van der Waals surface area (Å²) in [6.45, 7) is 5.03. The first-order valence-corrected chi connectivity index (χ1v) is 7.75. The highest BCUT2D eigenvalue weighted by molar-refractivity contribution is 5.32. The van der Waals surface area contributed by atoms with E-state index in [0.29, 0.717) is 18.5 Å². The van der Waals surface area contributed by atoms with Gasteiger partial charge >= 0.3 is 0 Å². The fourth-order valence-corrected chi connectivity index (χ4v) is 3.23. The van der Waals surface area contributed by atoms with Crippen molar-refractivity contribution in [2.45, 2.75) is 58.1 Å². The van der Waals surface area contributed by atoms with Crippen molar-refractivity contribution in [3.05, 3.63) is 35.4 Å². The van der Waals surface area contributed by atoms with Gasteiger partial charge in [0.15, 0.2) is 0 Å². The Balaban J connectivity index is 1.94. The van der Waals surface area contributed by atoms with Crippen LogP contribution in [0.1, 0.15) is 56.7 Å². The number of hydrogen-bond acceptors (Lipinski definition) is 2. The van der Waals surface area contributed by atoms with Crippen molar-refractivity contribution < 1.29 is 5.11 Å². The molecular formula is C17H27NO. The van der Waals surface area contributed by atoms with Crippen LogP contribution in [-0.2, 0) is 6.42 Å². The number of fused-ring (bicyclic) bond motifs is 1. The van der Waals surface area contributed by atoms with E-state index in [1.165, 1.54) is 30.4 Å². The molecule has 2 atom stereocenters. The first-order chi connectivity index (χ1) is 9.26. The maximum absolute atomic E-state index is 10.2. The highest BCUT2D eigenvalue weighted by Gasteiger charge is 2.21. The summed E-state index contributed by atoms with van der Waals surface area (Å²) in [4.78, 5) is 0. The van der Waals surface area contributed by atoms with Crippen LogP contribution in [0.4, 0.5) is 0 Å². The van der Waals surface area contributed by atoms with Gasteiger partial charge in [0.05, 0.1) is 6.10 Å². The maximum Gasteiger partial charge on any atom is 0.0692 e. The minimum absolute atomic E-state index is 0.218. The summed E-state index contributed by atoms with van der Waals surface area (Å²) in [5.41, 5.74) is 2.91. The molecule has 0 bridgehead atoms. The third-order valence-corrected chi connectivity index (χ3v) is 4.54. The Kier molecular flexibility index (Phi) is 5.41. The molecule has 0 saturated heterocycles. The quantitative estimate of drug-likeness (QED) is 0.822. The standard InChI is InChI=1S/C17H27NO/c1-3-13(4-2)17(19)12-18-16-11-7-9-14-8-5-6-10-15(14)16/h5-6,8,10,13,16-19H,3-4,7,9,11-12H2,1-2H3. The van der Waals surface area contributed by atoms with Gasteiger partial charge in [-0.25, -0.2) is 0 Å². The molecule has 19 heavy (non-hydrogen) atoms. The lowest BCUT2D eigenvalue weighted by Crippen LogP contribution is -2.35. The van der Waals surface area contributed by atoms with Crippen LogP contribution in [0.5, 0.6) is 0 Å².